The molecule has 3 aromatic rings. The third-order valence-corrected chi connectivity index (χ3v) is 4.31. The monoisotopic (exact) mass is 363 g/mol. The van der Waals surface area contributed by atoms with Crippen molar-refractivity contribution in [1.82, 2.24) is 4.98 Å². The normalized spacial score (nSPS) is 10.4. The summed E-state index contributed by atoms with van der Waals surface area (Å²) >= 11 is 0. The fourth-order valence-corrected chi connectivity index (χ4v) is 2.76. The number of benzene rings is 2. The molecule has 2 N–H and O–H groups in total. The van der Waals surface area contributed by atoms with Crippen LogP contribution in [0.15, 0.2) is 66.9 Å². The van der Waals surface area contributed by atoms with Gasteiger partial charge in [-0.25, -0.2) is 9.37 Å². The summed E-state index contributed by atoms with van der Waals surface area (Å²) < 4.78 is 12.9. The van der Waals surface area contributed by atoms with Gasteiger partial charge in [0.1, 0.15) is 11.6 Å². The predicted molar refractivity (Wildman–Crippen MR) is 107 cm³/mol. The van der Waals surface area contributed by atoms with Gasteiger partial charge in [0, 0.05) is 18.4 Å². The maximum atomic E-state index is 12.9. The molecule has 1 heterocycles. The van der Waals surface area contributed by atoms with Gasteiger partial charge in [0.15, 0.2) is 0 Å². The minimum Gasteiger partial charge on any atom is -0.370 e. The van der Waals surface area contributed by atoms with Crippen LogP contribution in [0.1, 0.15) is 28.4 Å². The Morgan fingerprint density at radius 1 is 1.04 bits per heavy atom. The lowest BCUT2D eigenvalue weighted by Crippen LogP contribution is -2.14. The van der Waals surface area contributed by atoms with E-state index in [1.54, 1.807) is 30.5 Å². The molecule has 0 atom stereocenters. The van der Waals surface area contributed by atoms with Crippen molar-refractivity contribution in [1.29, 1.82) is 0 Å². The molecular weight excluding hydrogens is 341 g/mol. The molecule has 0 aliphatic carbocycles. The van der Waals surface area contributed by atoms with E-state index in [0.29, 0.717) is 17.9 Å². The van der Waals surface area contributed by atoms with E-state index in [-0.39, 0.29) is 11.7 Å². The minimum atomic E-state index is -0.233. The second-order valence-corrected chi connectivity index (χ2v) is 6.20. The highest BCUT2D eigenvalue weighted by Crippen LogP contribution is 2.17. The van der Waals surface area contributed by atoms with Gasteiger partial charge in [0.05, 0.1) is 5.56 Å². The van der Waals surface area contributed by atoms with Gasteiger partial charge in [-0.1, -0.05) is 37.3 Å². The minimum absolute atomic E-state index is 0.179. The molecule has 0 aliphatic rings. The van der Waals surface area contributed by atoms with Crippen molar-refractivity contribution in [3.8, 4) is 0 Å². The van der Waals surface area contributed by atoms with Crippen molar-refractivity contribution in [3.63, 3.8) is 0 Å². The Balaban J connectivity index is 1.54. The molecular formula is C22H22FN3O. The van der Waals surface area contributed by atoms with Crippen LogP contribution in [0.5, 0.6) is 0 Å². The molecule has 0 spiro atoms. The number of pyridine rings is 1. The van der Waals surface area contributed by atoms with E-state index in [4.69, 9.17) is 0 Å². The zero-order valence-electron chi connectivity index (χ0n) is 15.2. The van der Waals surface area contributed by atoms with Crippen LogP contribution in [0.4, 0.5) is 15.9 Å². The topological polar surface area (TPSA) is 54.0 Å². The maximum Gasteiger partial charge on any atom is 0.257 e. The number of hydrogen-bond donors (Lipinski definition) is 2. The van der Waals surface area contributed by atoms with Crippen LogP contribution in [-0.4, -0.2) is 17.4 Å². The fraction of sp³-hybridized carbons (Fsp3) is 0.182. The summed E-state index contributed by atoms with van der Waals surface area (Å²) in [6.45, 7) is 2.73. The third-order valence-electron chi connectivity index (χ3n) is 4.31. The first-order chi connectivity index (χ1) is 13.2. The largest absolute Gasteiger partial charge is 0.370 e. The Kier molecular flexibility index (Phi) is 6.15. The number of anilines is 2. The highest BCUT2D eigenvalue weighted by molar-refractivity contribution is 6.04. The molecule has 2 aromatic carbocycles. The lowest BCUT2D eigenvalue weighted by Gasteiger charge is -2.10. The number of hydrogen-bond acceptors (Lipinski definition) is 3. The number of aryl methyl sites for hydroxylation is 1. The first kappa shape index (κ1) is 18.6. The van der Waals surface area contributed by atoms with Crippen LogP contribution in [0, 0.1) is 5.82 Å². The van der Waals surface area contributed by atoms with Crippen LogP contribution < -0.4 is 10.6 Å². The molecule has 0 saturated heterocycles. The molecule has 0 radical (unpaired) electrons. The van der Waals surface area contributed by atoms with E-state index in [2.05, 4.69) is 22.5 Å². The fourth-order valence-electron chi connectivity index (χ4n) is 2.76. The Hall–Kier alpha value is -3.21. The maximum absolute atomic E-state index is 12.9. The molecule has 0 saturated carbocycles. The highest BCUT2D eigenvalue weighted by atomic mass is 19.1. The first-order valence-corrected chi connectivity index (χ1v) is 8.99. The van der Waals surface area contributed by atoms with Gasteiger partial charge in [-0.05, 0) is 54.3 Å². The summed E-state index contributed by atoms with van der Waals surface area (Å²) in [5.74, 6) is 0.285. The van der Waals surface area contributed by atoms with Crippen molar-refractivity contribution in [2.45, 2.75) is 19.8 Å². The summed E-state index contributed by atoms with van der Waals surface area (Å²) in [5, 5.41) is 6.14. The number of amides is 1. The van der Waals surface area contributed by atoms with Crippen molar-refractivity contribution < 1.29 is 9.18 Å². The van der Waals surface area contributed by atoms with Gasteiger partial charge >= 0.3 is 0 Å². The molecule has 4 nitrogen and oxygen atoms in total. The van der Waals surface area contributed by atoms with Crippen LogP contribution in [0.3, 0.4) is 0 Å². The second kappa shape index (κ2) is 8.94. The summed E-state index contributed by atoms with van der Waals surface area (Å²) in [6.07, 6.45) is 3.17. The molecule has 0 fully saturated rings. The SMILES string of the molecule is CCc1ccccc1NC(=O)c1ccc(NCCc2ccc(F)cc2)nc1. The average Bonchev–Trinajstić information content (AvgIpc) is 2.70. The van der Waals surface area contributed by atoms with E-state index in [0.717, 1.165) is 29.7 Å². The quantitative estimate of drug-likeness (QED) is 0.640. The van der Waals surface area contributed by atoms with Crippen molar-refractivity contribution in [2.24, 2.45) is 0 Å². The second-order valence-electron chi connectivity index (χ2n) is 6.20. The number of rotatable bonds is 7. The molecule has 0 unspecified atom stereocenters. The van der Waals surface area contributed by atoms with Gasteiger partial charge < -0.3 is 10.6 Å². The van der Waals surface area contributed by atoms with Gasteiger partial charge in [0.25, 0.3) is 5.91 Å². The molecule has 0 aliphatic heterocycles. The van der Waals surface area contributed by atoms with Crippen LogP contribution >= 0.6 is 0 Å². The van der Waals surface area contributed by atoms with Crippen molar-refractivity contribution >= 4 is 17.4 Å². The van der Waals surface area contributed by atoms with E-state index < -0.39 is 0 Å². The number of nitrogens with zero attached hydrogens (tertiary/aromatic N) is 1. The van der Waals surface area contributed by atoms with Gasteiger partial charge in [0.2, 0.25) is 0 Å². The van der Waals surface area contributed by atoms with E-state index in [1.807, 2.05) is 24.3 Å². The lowest BCUT2D eigenvalue weighted by atomic mass is 10.1. The van der Waals surface area contributed by atoms with Crippen molar-refractivity contribution in [2.75, 3.05) is 17.2 Å². The Morgan fingerprint density at radius 3 is 2.52 bits per heavy atom. The first-order valence-electron chi connectivity index (χ1n) is 8.99. The molecule has 3 rings (SSSR count). The van der Waals surface area contributed by atoms with Crippen LogP contribution in [0.25, 0.3) is 0 Å². The van der Waals surface area contributed by atoms with Crippen molar-refractivity contribution in [3.05, 3.63) is 89.4 Å². The Morgan fingerprint density at radius 2 is 1.81 bits per heavy atom. The summed E-state index contributed by atoms with van der Waals surface area (Å²) in [6, 6.07) is 17.7. The number of carbonyl (C=O) groups excluding carboxylic acids is 1. The lowest BCUT2D eigenvalue weighted by molar-refractivity contribution is 0.102. The van der Waals surface area contributed by atoms with E-state index >= 15 is 0 Å². The number of para-hydroxylation sites is 1. The Bertz CT molecular complexity index is 892. The number of aromatic nitrogens is 1. The van der Waals surface area contributed by atoms with E-state index in [1.165, 1.54) is 12.1 Å². The molecule has 1 amide bonds. The van der Waals surface area contributed by atoms with Crippen LogP contribution in [0.2, 0.25) is 0 Å². The number of halogens is 1. The third kappa shape index (κ3) is 5.14. The standard InChI is InChI=1S/C22H22FN3O/c1-2-17-5-3-4-6-20(17)26-22(27)18-9-12-21(25-15-18)24-14-13-16-7-10-19(23)11-8-16/h3-12,15H,2,13-14H2,1H3,(H,24,25)(H,26,27). The van der Waals surface area contributed by atoms with Gasteiger partial charge in [-0.2, -0.15) is 0 Å². The summed E-state index contributed by atoms with van der Waals surface area (Å²) in [4.78, 5) is 16.7. The number of nitrogens with one attached hydrogen (secondary N) is 2. The van der Waals surface area contributed by atoms with Crippen LogP contribution in [-0.2, 0) is 12.8 Å². The molecule has 27 heavy (non-hydrogen) atoms. The highest BCUT2D eigenvalue weighted by Gasteiger charge is 2.09. The zero-order valence-corrected chi connectivity index (χ0v) is 15.2. The molecule has 5 heteroatoms. The molecule has 0 bridgehead atoms. The zero-order chi connectivity index (χ0) is 19.1. The summed E-state index contributed by atoms with van der Waals surface area (Å²) in [7, 11) is 0. The van der Waals surface area contributed by atoms with E-state index in [9.17, 15) is 9.18 Å². The summed E-state index contributed by atoms with van der Waals surface area (Å²) in [5.41, 5.74) is 3.48. The Labute approximate surface area is 158 Å². The average molecular weight is 363 g/mol. The van der Waals surface area contributed by atoms with Gasteiger partial charge in [-0.3, -0.25) is 4.79 Å². The smallest absolute Gasteiger partial charge is 0.257 e. The van der Waals surface area contributed by atoms with Gasteiger partial charge in [-0.15, -0.1) is 0 Å². The predicted octanol–water partition coefficient (Wildman–Crippen LogP) is 4.69. The molecule has 138 valence electrons. The number of carbonyl (C=O) groups is 1. The molecule has 1 aromatic heterocycles.